The Labute approximate surface area is 123 Å². The lowest BCUT2D eigenvalue weighted by Gasteiger charge is -2.06. The van der Waals surface area contributed by atoms with Gasteiger partial charge in [-0.2, -0.15) is 13.2 Å². The molecular formula is C11H9F3N4O3S. The number of aryl methyl sites for hydroxylation is 1. The summed E-state index contributed by atoms with van der Waals surface area (Å²) >= 11 is 0. The van der Waals surface area contributed by atoms with Crippen LogP contribution in [0.4, 0.5) is 13.2 Å². The fourth-order valence-electron chi connectivity index (χ4n) is 1.51. The van der Waals surface area contributed by atoms with Gasteiger partial charge in [-0.3, -0.25) is 0 Å². The van der Waals surface area contributed by atoms with Gasteiger partial charge in [-0.15, -0.1) is 0 Å². The van der Waals surface area contributed by atoms with Crippen LogP contribution in [0.3, 0.4) is 0 Å². The van der Waals surface area contributed by atoms with Crippen LogP contribution in [0.5, 0.6) is 0 Å². The van der Waals surface area contributed by atoms with Gasteiger partial charge in [0.25, 0.3) is 0 Å². The van der Waals surface area contributed by atoms with Crippen molar-refractivity contribution < 1.29 is 30.8 Å². The van der Waals surface area contributed by atoms with Crippen LogP contribution in [0.15, 0.2) is 30.7 Å². The normalized spacial score (nSPS) is 12.4. The topological polar surface area (TPSA) is 99.8 Å². The van der Waals surface area contributed by atoms with Crippen LogP contribution in [0.2, 0.25) is 0 Å². The van der Waals surface area contributed by atoms with E-state index in [1.54, 1.807) is 0 Å². The second-order valence-electron chi connectivity index (χ2n) is 4.20. The van der Waals surface area contributed by atoms with E-state index in [1.807, 2.05) is 0 Å². The minimum absolute atomic E-state index is 0.157. The summed E-state index contributed by atoms with van der Waals surface area (Å²) in [6.07, 6.45) is -1.09. The van der Waals surface area contributed by atoms with Crippen LogP contribution in [0.1, 0.15) is 5.69 Å². The lowest BCUT2D eigenvalue weighted by molar-refractivity contribution is -0.750. The molecule has 0 radical (unpaired) electrons. The molecule has 2 aromatic heterocycles. The molecule has 0 saturated heterocycles. The molecule has 22 heavy (non-hydrogen) atoms. The first-order valence-electron chi connectivity index (χ1n) is 5.85. The first-order chi connectivity index (χ1) is 10.1. The maximum absolute atomic E-state index is 12.6. The van der Waals surface area contributed by atoms with Gasteiger partial charge in [0.05, 0.1) is 5.75 Å². The van der Waals surface area contributed by atoms with E-state index in [2.05, 4.69) is 15.1 Å². The van der Waals surface area contributed by atoms with Gasteiger partial charge in [-0.1, -0.05) is 4.68 Å². The Morgan fingerprint density at radius 2 is 2.00 bits per heavy atom. The second kappa shape index (κ2) is 5.93. The summed E-state index contributed by atoms with van der Waals surface area (Å²) < 4.78 is 70.4. The van der Waals surface area contributed by atoms with E-state index in [0.717, 1.165) is 12.3 Å². The van der Waals surface area contributed by atoms with Crippen LogP contribution in [0.25, 0.3) is 11.4 Å². The minimum Gasteiger partial charge on any atom is -0.748 e. The summed E-state index contributed by atoms with van der Waals surface area (Å²) in [6, 6.07) is 2.12. The van der Waals surface area contributed by atoms with Crippen LogP contribution < -0.4 is 4.68 Å². The predicted molar refractivity (Wildman–Crippen MR) is 65.0 cm³/mol. The van der Waals surface area contributed by atoms with E-state index in [0.29, 0.717) is 0 Å². The van der Waals surface area contributed by atoms with Gasteiger partial charge in [0.1, 0.15) is 22.0 Å². The highest BCUT2D eigenvalue weighted by Gasteiger charge is 2.32. The maximum atomic E-state index is 12.6. The van der Waals surface area contributed by atoms with Crippen molar-refractivity contribution in [3.8, 4) is 11.4 Å². The molecule has 0 aromatic carbocycles. The predicted octanol–water partition coefficient (Wildman–Crippen LogP) is 0.390. The van der Waals surface area contributed by atoms with Crippen LogP contribution in [-0.4, -0.2) is 33.8 Å². The Bertz CT molecular complexity index is 763. The summed E-state index contributed by atoms with van der Waals surface area (Å²) in [7, 11) is -4.37. The second-order valence-corrected chi connectivity index (χ2v) is 5.73. The van der Waals surface area contributed by atoms with Gasteiger partial charge in [0.15, 0.2) is 18.6 Å². The molecule has 0 saturated carbocycles. The number of halogens is 3. The van der Waals surface area contributed by atoms with Gasteiger partial charge in [-0.25, -0.2) is 18.4 Å². The monoisotopic (exact) mass is 334 g/mol. The summed E-state index contributed by atoms with van der Waals surface area (Å²) in [5, 5.41) is 3.80. The van der Waals surface area contributed by atoms with Crippen molar-refractivity contribution in [1.82, 2.24) is 15.1 Å². The molecule has 2 heterocycles. The van der Waals surface area contributed by atoms with Crippen molar-refractivity contribution in [1.29, 1.82) is 0 Å². The molecule has 11 heteroatoms. The van der Waals surface area contributed by atoms with Crippen molar-refractivity contribution in [2.45, 2.75) is 12.7 Å². The third-order valence-electron chi connectivity index (χ3n) is 2.55. The molecule has 0 spiro atoms. The molecule has 0 unspecified atom stereocenters. The van der Waals surface area contributed by atoms with Crippen molar-refractivity contribution in [3.05, 3.63) is 36.4 Å². The van der Waals surface area contributed by atoms with Crippen molar-refractivity contribution >= 4 is 10.1 Å². The number of alkyl halides is 3. The van der Waals surface area contributed by atoms with Gasteiger partial charge in [-0.05, 0) is 11.2 Å². The fraction of sp³-hybridized carbons (Fsp3) is 0.273. The molecule has 0 aliphatic carbocycles. The highest BCUT2D eigenvalue weighted by atomic mass is 32.2. The zero-order valence-corrected chi connectivity index (χ0v) is 11.7. The van der Waals surface area contributed by atoms with E-state index < -0.39 is 27.7 Å². The Hall–Kier alpha value is -2.14. The molecular weight excluding hydrogens is 325 g/mol. The molecule has 7 nitrogen and oxygen atoms in total. The largest absolute Gasteiger partial charge is 0.748 e. The quantitative estimate of drug-likeness (QED) is 0.592. The molecule has 118 valence electrons. The van der Waals surface area contributed by atoms with Crippen molar-refractivity contribution in [3.63, 3.8) is 0 Å². The molecule has 2 aromatic rings. The highest BCUT2D eigenvalue weighted by molar-refractivity contribution is 7.85. The van der Waals surface area contributed by atoms with Crippen LogP contribution in [0, 0.1) is 0 Å². The van der Waals surface area contributed by atoms with Crippen molar-refractivity contribution in [2.24, 2.45) is 0 Å². The summed E-state index contributed by atoms with van der Waals surface area (Å²) in [4.78, 5) is 7.13. The van der Waals surface area contributed by atoms with Gasteiger partial charge >= 0.3 is 6.18 Å². The standard InChI is InChI=1S/C11H9F3N4O3S/c12-11(13,14)9-1-3-15-10(17-9)8-2-4-18(16-7-8)5-6-22(19,20)21/h1-4,7H,5-6H2. The van der Waals surface area contributed by atoms with Gasteiger partial charge in [0, 0.05) is 17.8 Å². The molecule has 2 rings (SSSR count). The first kappa shape index (κ1) is 16.2. The van der Waals surface area contributed by atoms with E-state index >= 15 is 0 Å². The van der Waals surface area contributed by atoms with E-state index in [9.17, 15) is 26.1 Å². The van der Waals surface area contributed by atoms with E-state index in [1.165, 1.54) is 23.1 Å². The molecule has 0 aliphatic heterocycles. The zero-order valence-electron chi connectivity index (χ0n) is 10.9. The fourth-order valence-corrected chi connectivity index (χ4v) is 1.92. The lowest BCUT2D eigenvalue weighted by Crippen LogP contribution is -2.40. The third kappa shape index (κ3) is 4.43. The maximum Gasteiger partial charge on any atom is 0.433 e. The molecule has 0 bridgehead atoms. The summed E-state index contributed by atoms with van der Waals surface area (Å²) in [5.74, 6) is -0.796. The van der Waals surface area contributed by atoms with Gasteiger partial charge < -0.3 is 4.55 Å². The average Bonchev–Trinajstić information content (AvgIpc) is 2.44. The van der Waals surface area contributed by atoms with E-state index in [4.69, 9.17) is 0 Å². The van der Waals surface area contributed by atoms with Crippen LogP contribution >= 0.6 is 0 Å². The third-order valence-corrected chi connectivity index (χ3v) is 3.23. The van der Waals surface area contributed by atoms with Gasteiger partial charge in [0.2, 0.25) is 0 Å². The SMILES string of the molecule is O=S(=O)([O-])CC[n+]1ccc(-c2nccc(C(F)(F)F)n2)cn1. The summed E-state index contributed by atoms with van der Waals surface area (Å²) in [5.41, 5.74) is -0.848. The van der Waals surface area contributed by atoms with E-state index in [-0.39, 0.29) is 17.9 Å². The Morgan fingerprint density at radius 1 is 1.27 bits per heavy atom. The first-order valence-corrected chi connectivity index (χ1v) is 7.43. The van der Waals surface area contributed by atoms with Crippen LogP contribution in [-0.2, 0) is 22.8 Å². The average molecular weight is 334 g/mol. The Kier molecular flexibility index (Phi) is 4.37. The highest BCUT2D eigenvalue weighted by Crippen LogP contribution is 2.28. The zero-order chi connectivity index (χ0) is 16.4. The molecule has 0 amide bonds. The van der Waals surface area contributed by atoms with Crippen molar-refractivity contribution in [2.75, 3.05) is 5.75 Å². The number of rotatable bonds is 4. The Morgan fingerprint density at radius 3 is 2.55 bits per heavy atom. The number of nitrogens with zero attached hydrogens (tertiary/aromatic N) is 4. The molecule has 0 aliphatic rings. The molecule has 0 fully saturated rings. The minimum atomic E-state index is -4.58. The number of hydrogen-bond acceptors (Lipinski definition) is 6. The number of aromatic nitrogens is 4. The lowest BCUT2D eigenvalue weighted by atomic mass is 10.3. The molecule has 0 N–H and O–H groups in total. The number of hydrogen-bond donors (Lipinski definition) is 0. The Balaban J connectivity index is 2.20. The smallest absolute Gasteiger partial charge is 0.433 e. The summed E-state index contributed by atoms with van der Waals surface area (Å²) in [6.45, 7) is -0.157. The molecule has 0 atom stereocenters.